The maximum absolute atomic E-state index is 11.6. The van der Waals surface area contributed by atoms with E-state index in [2.05, 4.69) is 12.2 Å². The maximum Gasteiger partial charge on any atom is 0.257 e. The maximum atomic E-state index is 11.6. The molecule has 0 aliphatic rings. The van der Waals surface area contributed by atoms with Crippen LogP contribution >= 0.6 is 0 Å². The van der Waals surface area contributed by atoms with Gasteiger partial charge in [0.2, 0.25) is 0 Å². The standard InChI is InChI=1S/C15H22N2O3/c1-2-3-4-7-10-17-14(18)11-20-13-9-6-5-8-12(13)15(16)19/h5-6,8-9H,2-4,7,10-11H2,1H3,(H2,16,19)(H,17,18). The van der Waals surface area contributed by atoms with Crippen LogP contribution in [0.3, 0.4) is 0 Å². The van der Waals surface area contributed by atoms with Crippen molar-refractivity contribution >= 4 is 11.8 Å². The highest BCUT2D eigenvalue weighted by Gasteiger charge is 2.09. The van der Waals surface area contributed by atoms with Crippen LogP contribution < -0.4 is 15.8 Å². The van der Waals surface area contributed by atoms with Gasteiger partial charge in [-0.05, 0) is 18.6 Å². The first-order valence-electron chi connectivity index (χ1n) is 6.93. The van der Waals surface area contributed by atoms with E-state index in [1.165, 1.54) is 12.8 Å². The van der Waals surface area contributed by atoms with Crippen molar-refractivity contribution in [1.82, 2.24) is 5.32 Å². The van der Waals surface area contributed by atoms with Crippen molar-refractivity contribution in [2.24, 2.45) is 5.73 Å². The molecule has 0 atom stereocenters. The molecule has 1 rings (SSSR count). The molecule has 0 saturated heterocycles. The summed E-state index contributed by atoms with van der Waals surface area (Å²) in [5, 5.41) is 2.78. The van der Waals surface area contributed by atoms with Crippen LogP contribution in [0.1, 0.15) is 43.0 Å². The Bertz CT molecular complexity index is 446. The van der Waals surface area contributed by atoms with Gasteiger partial charge in [0.15, 0.2) is 6.61 Å². The van der Waals surface area contributed by atoms with E-state index in [0.29, 0.717) is 12.3 Å². The molecule has 0 unspecified atom stereocenters. The summed E-state index contributed by atoms with van der Waals surface area (Å²) >= 11 is 0. The molecule has 5 heteroatoms. The van der Waals surface area contributed by atoms with E-state index in [0.717, 1.165) is 12.8 Å². The lowest BCUT2D eigenvalue weighted by atomic mass is 10.2. The van der Waals surface area contributed by atoms with Crippen LogP contribution in [0.25, 0.3) is 0 Å². The molecule has 0 heterocycles. The first-order valence-corrected chi connectivity index (χ1v) is 6.93. The molecule has 0 bridgehead atoms. The number of nitrogens with one attached hydrogen (secondary N) is 1. The summed E-state index contributed by atoms with van der Waals surface area (Å²) in [5.41, 5.74) is 5.51. The number of hydrogen-bond acceptors (Lipinski definition) is 3. The van der Waals surface area contributed by atoms with Crippen molar-refractivity contribution in [3.8, 4) is 5.75 Å². The van der Waals surface area contributed by atoms with Crippen molar-refractivity contribution in [2.45, 2.75) is 32.6 Å². The fourth-order valence-corrected chi connectivity index (χ4v) is 1.77. The number of ether oxygens (including phenoxy) is 1. The predicted octanol–water partition coefficient (Wildman–Crippen LogP) is 1.86. The average Bonchev–Trinajstić information content (AvgIpc) is 2.45. The summed E-state index contributed by atoms with van der Waals surface area (Å²) in [4.78, 5) is 22.8. The molecule has 0 aliphatic heterocycles. The molecule has 2 amide bonds. The van der Waals surface area contributed by atoms with Crippen LogP contribution in [0, 0.1) is 0 Å². The number of para-hydroxylation sites is 1. The fraction of sp³-hybridized carbons (Fsp3) is 0.467. The molecule has 20 heavy (non-hydrogen) atoms. The molecule has 0 radical (unpaired) electrons. The summed E-state index contributed by atoms with van der Waals surface area (Å²) in [5.74, 6) is -0.428. The van der Waals surface area contributed by atoms with Crippen LogP contribution in [0.2, 0.25) is 0 Å². The van der Waals surface area contributed by atoms with E-state index >= 15 is 0 Å². The van der Waals surface area contributed by atoms with E-state index in [1.807, 2.05) is 0 Å². The number of benzene rings is 1. The Labute approximate surface area is 119 Å². The Balaban J connectivity index is 2.32. The van der Waals surface area contributed by atoms with Crippen molar-refractivity contribution < 1.29 is 14.3 Å². The van der Waals surface area contributed by atoms with Gasteiger partial charge < -0.3 is 15.8 Å². The van der Waals surface area contributed by atoms with E-state index in [9.17, 15) is 9.59 Å². The van der Waals surface area contributed by atoms with Crippen molar-refractivity contribution in [1.29, 1.82) is 0 Å². The molecular weight excluding hydrogens is 256 g/mol. The molecule has 5 nitrogen and oxygen atoms in total. The van der Waals surface area contributed by atoms with Gasteiger partial charge >= 0.3 is 0 Å². The van der Waals surface area contributed by atoms with Gasteiger partial charge in [-0.25, -0.2) is 0 Å². The van der Waals surface area contributed by atoms with E-state index in [4.69, 9.17) is 10.5 Å². The molecule has 1 aromatic rings. The molecule has 110 valence electrons. The van der Waals surface area contributed by atoms with Gasteiger partial charge in [-0.1, -0.05) is 38.3 Å². The third kappa shape index (κ3) is 5.73. The highest BCUT2D eigenvalue weighted by Crippen LogP contribution is 2.16. The summed E-state index contributed by atoms with van der Waals surface area (Å²) in [6.45, 7) is 2.68. The Morgan fingerprint density at radius 3 is 2.65 bits per heavy atom. The zero-order valence-electron chi connectivity index (χ0n) is 11.9. The van der Waals surface area contributed by atoms with E-state index < -0.39 is 5.91 Å². The lowest BCUT2D eigenvalue weighted by Crippen LogP contribution is -2.30. The summed E-state index contributed by atoms with van der Waals surface area (Å²) < 4.78 is 5.33. The minimum atomic E-state index is -0.569. The van der Waals surface area contributed by atoms with Crippen LogP contribution in [0.5, 0.6) is 5.75 Å². The second-order valence-corrected chi connectivity index (χ2v) is 4.56. The van der Waals surface area contributed by atoms with Crippen LogP contribution in [0.4, 0.5) is 0 Å². The van der Waals surface area contributed by atoms with Crippen molar-refractivity contribution in [3.05, 3.63) is 29.8 Å². The Hall–Kier alpha value is -2.04. The van der Waals surface area contributed by atoms with Gasteiger partial charge in [0.25, 0.3) is 11.8 Å². The molecule has 0 spiro atoms. The average molecular weight is 278 g/mol. The van der Waals surface area contributed by atoms with Crippen LogP contribution in [-0.2, 0) is 4.79 Å². The van der Waals surface area contributed by atoms with Crippen molar-refractivity contribution in [3.63, 3.8) is 0 Å². The normalized spacial score (nSPS) is 10.1. The van der Waals surface area contributed by atoms with Gasteiger partial charge in [-0.15, -0.1) is 0 Å². The number of unbranched alkanes of at least 4 members (excludes halogenated alkanes) is 3. The Morgan fingerprint density at radius 1 is 1.20 bits per heavy atom. The zero-order valence-corrected chi connectivity index (χ0v) is 11.9. The number of nitrogens with two attached hydrogens (primary N) is 1. The minimum Gasteiger partial charge on any atom is -0.483 e. The second-order valence-electron chi connectivity index (χ2n) is 4.56. The highest BCUT2D eigenvalue weighted by molar-refractivity contribution is 5.95. The molecular formula is C15H22N2O3. The third-order valence-corrected chi connectivity index (χ3v) is 2.86. The zero-order chi connectivity index (χ0) is 14.8. The predicted molar refractivity (Wildman–Crippen MR) is 77.6 cm³/mol. The van der Waals surface area contributed by atoms with Crippen molar-refractivity contribution in [2.75, 3.05) is 13.2 Å². The van der Waals surface area contributed by atoms with Crippen LogP contribution in [-0.4, -0.2) is 25.0 Å². The number of amides is 2. The SMILES string of the molecule is CCCCCCNC(=O)COc1ccccc1C(N)=O. The van der Waals surface area contributed by atoms with Gasteiger partial charge in [0.1, 0.15) is 5.75 Å². The molecule has 1 aromatic carbocycles. The van der Waals surface area contributed by atoms with E-state index in [1.54, 1.807) is 24.3 Å². The lowest BCUT2D eigenvalue weighted by Gasteiger charge is -2.09. The first-order chi connectivity index (χ1) is 9.65. The molecule has 0 saturated carbocycles. The smallest absolute Gasteiger partial charge is 0.257 e. The largest absolute Gasteiger partial charge is 0.483 e. The summed E-state index contributed by atoms with van der Waals surface area (Å²) in [6, 6.07) is 6.61. The van der Waals surface area contributed by atoms with Gasteiger partial charge in [-0.3, -0.25) is 9.59 Å². The molecule has 0 aromatic heterocycles. The number of carbonyl (C=O) groups is 2. The second kappa shape index (κ2) is 8.96. The van der Waals surface area contributed by atoms with Gasteiger partial charge in [0, 0.05) is 6.54 Å². The van der Waals surface area contributed by atoms with Gasteiger partial charge in [0.05, 0.1) is 5.56 Å². The molecule has 0 fully saturated rings. The number of carbonyl (C=O) groups excluding carboxylic acids is 2. The Kier molecular flexibility index (Phi) is 7.17. The lowest BCUT2D eigenvalue weighted by molar-refractivity contribution is -0.123. The molecule has 3 N–H and O–H groups in total. The first kappa shape index (κ1) is 16.0. The van der Waals surface area contributed by atoms with Crippen LogP contribution in [0.15, 0.2) is 24.3 Å². The topological polar surface area (TPSA) is 81.4 Å². The quantitative estimate of drug-likeness (QED) is 0.676. The fourth-order valence-electron chi connectivity index (χ4n) is 1.77. The molecule has 0 aliphatic carbocycles. The van der Waals surface area contributed by atoms with E-state index in [-0.39, 0.29) is 18.1 Å². The highest BCUT2D eigenvalue weighted by atomic mass is 16.5. The van der Waals surface area contributed by atoms with Gasteiger partial charge in [-0.2, -0.15) is 0 Å². The third-order valence-electron chi connectivity index (χ3n) is 2.86. The summed E-state index contributed by atoms with van der Waals surface area (Å²) in [7, 11) is 0. The number of primary amides is 1. The summed E-state index contributed by atoms with van der Waals surface area (Å²) in [6.07, 6.45) is 4.43. The number of rotatable bonds is 9. The Morgan fingerprint density at radius 2 is 1.95 bits per heavy atom. The number of hydrogen-bond donors (Lipinski definition) is 2. The minimum absolute atomic E-state index is 0.113. The monoisotopic (exact) mass is 278 g/mol.